The van der Waals surface area contributed by atoms with Gasteiger partial charge in [-0.3, -0.25) is 4.79 Å². The van der Waals surface area contributed by atoms with E-state index in [2.05, 4.69) is 22.5 Å². The van der Waals surface area contributed by atoms with Crippen LogP contribution in [-0.2, 0) is 4.74 Å². The number of para-hydroxylation sites is 1. The summed E-state index contributed by atoms with van der Waals surface area (Å²) in [5.74, 6) is -0.107. The Bertz CT molecular complexity index is 747. The molecular weight excluding hydrogens is 330 g/mol. The van der Waals surface area contributed by atoms with Crippen LogP contribution in [-0.4, -0.2) is 30.0 Å². The smallest absolute Gasteiger partial charge is 0.340 e. The van der Waals surface area contributed by atoms with E-state index in [9.17, 15) is 9.59 Å². The molecule has 2 aromatic rings. The van der Waals surface area contributed by atoms with E-state index in [-0.39, 0.29) is 12.5 Å². The van der Waals surface area contributed by atoms with Crippen molar-refractivity contribution in [3.63, 3.8) is 0 Å². The van der Waals surface area contributed by atoms with Gasteiger partial charge in [-0.15, -0.1) is 0 Å². The minimum absolute atomic E-state index is 0.276. The monoisotopic (exact) mass is 355 g/mol. The fourth-order valence-corrected chi connectivity index (χ4v) is 2.43. The summed E-state index contributed by atoms with van der Waals surface area (Å²) >= 11 is 0. The highest BCUT2D eigenvalue weighted by Gasteiger charge is 2.15. The standard InChI is InChI=1S/C20H25N3O3/c1-3-5-8-12-21-18-14-15(11-13-22-18)19(24)23-17-10-7-6-9-16(17)20(25)26-4-2/h6-7,9-11,13-14H,3-5,8,12H2,1-2H3,(H,21,22)(H,23,24). The van der Waals surface area contributed by atoms with Gasteiger partial charge in [-0.05, 0) is 37.6 Å². The van der Waals surface area contributed by atoms with Crippen LogP contribution in [0, 0.1) is 0 Å². The second-order valence-electron chi connectivity index (χ2n) is 5.78. The first-order valence-electron chi connectivity index (χ1n) is 8.93. The Hall–Kier alpha value is -2.89. The Morgan fingerprint density at radius 3 is 2.69 bits per heavy atom. The SMILES string of the molecule is CCCCCNc1cc(C(=O)Nc2ccccc2C(=O)OCC)ccn1. The van der Waals surface area contributed by atoms with Crippen molar-refractivity contribution in [1.29, 1.82) is 0 Å². The van der Waals surface area contributed by atoms with Gasteiger partial charge in [0.2, 0.25) is 0 Å². The number of aromatic nitrogens is 1. The van der Waals surface area contributed by atoms with E-state index in [1.165, 1.54) is 0 Å². The normalized spacial score (nSPS) is 10.2. The van der Waals surface area contributed by atoms with Crippen molar-refractivity contribution in [1.82, 2.24) is 4.98 Å². The molecule has 0 fully saturated rings. The van der Waals surface area contributed by atoms with Gasteiger partial charge < -0.3 is 15.4 Å². The molecule has 0 aliphatic rings. The Morgan fingerprint density at radius 2 is 1.92 bits per heavy atom. The van der Waals surface area contributed by atoms with E-state index in [4.69, 9.17) is 4.74 Å². The van der Waals surface area contributed by atoms with E-state index >= 15 is 0 Å². The van der Waals surface area contributed by atoms with Gasteiger partial charge in [0.1, 0.15) is 5.82 Å². The number of amides is 1. The zero-order valence-corrected chi connectivity index (χ0v) is 15.2. The molecule has 0 saturated carbocycles. The van der Waals surface area contributed by atoms with E-state index in [1.807, 2.05) is 0 Å². The lowest BCUT2D eigenvalue weighted by atomic mass is 10.1. The highest BCUT2D eigenvalue weighted by atomic mass is 16.5. The van der Waals surface area contributed by atoms with Gasteiger partial charge in [0.15, 0.2) is 0 Å². The molecule has 1 amide bonds. The second kappa shape index (κ2) is 10.2. The van der Waals surface area contributed by atoms with Gasteiger partial charge in [-0.25, -0.2) is 9.78 Å². The Kier molecular flexibility index (Phi) is 7.61. The molecule has 0 aliphatic heterocycles. The average molecular weight is 355 g/mol. The van der Waals surface area contributed by atoms with E-state index in [0.717, 1.165) is 25.8 Å². The van der Waals surface area contributed by atoms with Crippen LogP contribution in [0.2, 0.25) is 0 Å². The summed E-state index contributed by atoms with van der Waals surface area (Å²) in [6, 6.07) is 10.1. The number of ether oxygens (including phenoxy) is 1. The molecule has 0 radical (unpaired) electrons. The molecule has 6 nitrogen and oxygen atoms in total. The first kappa shape index (κ1) is 19.4. The van der Waals surface area contributed by atoms with Gasteiger partial charge in [0.05, 0.1) is 17.9 Å². The highest BCUT2D eigenvalue weighted by molar-refractivity contribution is 6.08. The molecule has 0 spiro atoms. The largest absolute Gasteiger partial charge is 0.462 e. The molecular formula is C20H25N3O3. The molecule has 6 heteroatoms. The number of hydrogen-bond donors (Lipinski definition) is 2. The van der Waals surface area contributed by atoms with Crippen LogP contribution in [0.25, 0.3) is 0 Å². The summed E-state index contributed by atoms with van der Waals surface area (Å²) in [5.41, 5.74) is 1.22. The third-order valence-electron chi connectivity index (χ3n) is 3.78. The second-order valence-corrected chi connectivity index (χ2v) is 5.78. The number of hydrogen-bond acceptors (Lipinski definition) is 5. The zero-order valence-electron chi connectivity index (χ0n) is 15.2. The lowest BCUT2D eigenvalue weighted by molar-refractivity contribution is 0.0527. The van der Waals surface area contributed by atoms with Crippen LogP contribution in [0.3, 0.4) is 0 Å². The van der Waals surface area contributed by atoms with Crippen LogP contribution in [0.15, 0.2) is 42.6 Å². The maximum absolute atomic E-state index is 12.6. The van der Waals surface area contributed by atoms with E-state index in [0.29, 0.717) is 22.6 Å². The minimum atomic E-state index is -0.462. The van der Waals surface area contributed by atoms with Gasteiger partial charge in [-0.1, -0.05) is 31.9 Å². The number of pyridine rings is 1. The number of nitrogens with one attached hydrogen (secondary N) is 2. The highest BCUT2D eigenvalue weighted by Crippen LogP contribution is 2.18. The van der Waals surface area contributed by atoms with Crippen molar-refractivity contribution in [3.8, 4) is 0 Å². The first-order chi connectivity index (χ1) is 12.7. The number of unbranched alkanes of at least 4 members (excludes halogenated alkanes) is 2. The number of anilines is 2. The van der Waals surface area contributed by atoms with Crippen LogP contribution < -0.4 is 10.6 Å². The number of rotatable bonds is 9. The maximum Gasteiger partial charge on any atom is 0.340 e. The fraction of sp³-hybridized carbons (Fsp3) is 0.350. The topological polar surface area (TPSA) is 80.3 Å². The molecule has 1 aromatic heterocycles. The summed E-state index contributed by atoms with van der Waals surface area (Å²) in [7, 11) is 0. The molecule has 0 unspecified atom stereocenters. The minimum Gasteiger partial charge on any atom is -0.462 e. The van der Waals surface area contributed by atoms with Crippen molar-refractivity contribution < 1.29 is 14.3 Å². The maximum atomic E-state index is 12.6. The summed E-state index contributed by atoms with van der Waals surface area (Å²) in [5, 5.41) is 5.99. The van der Waals surface area contributed by atoms with Crippen molar-refractivity contribution in [2.75, 3.05) is 23.8 Å². The van der Waals surface area contributed by atoms with E-state index < -0.39 is 5.97 Å². The van der Waals surface area contributed by atoms with Crippen molar-refractivity contribution >= 4 is 23.4 Å². The first-order valence-corrected chi connectivity index (χ1v) is 8.93. The summed E-state index contributed by atoms with van der Waals surface area (Å²) in [6.45, 7) is 4.98. The molecule has 138 valence electrons. The molecule has 1 heterocycles. The van der Waals surface area contributed by atoms with Crippen LogP contribution in [0.5, 0.6) is 0 Å². The van der Waals surface area contributed by atoms with Gasteiger partial charge in [-0.2, -0.15) is 0 Å². The zero-order chi connectivity index (χ0) is 18.8. The predicted molar refractivity (Wildman–Crippen MR) is 103 cm³/mol. The molecule has 0 bridgehead atoms. The molecule has 2 rings (SSSR count). The quantitative estimate of drug-likeness (QED) is 0.522. The lowest BCUT2D eigenvalue weighted by Crippen LogP contribution is -2.16. The molecule has 0 aliphatic carbocycles. The number of esters is 1. The van der Waals surface area contributed by atoms with Crippen molar-refractivity contribution in [2.24, 2.45) is 0 Å². The Labute approximate surface area is 154 Å². The molecule has 1 aromatic carbocycles. The van der Waals surface area contributed by atoms with E-state index in [1.54, 1.807) is 49.5 Å². The lowest BCUT2D eigenvalue weighted by Gasteiger charge is -2.11. The summed E-state index contributed by atoms with van der Waals surface area (Å²) in [6.07, 6.45) is 4.95. The number of benzene rings is 1. The van der Waals surface area contributed by atoms with Gasteiger partial charge >= 0.3 is 5.97 Å². The van der Waals surface area contributed by atoms with Crippen LogP contribution in [0.1, 0.15) is 53.8 Å². The number of carbonyl (C=O) groups is 2. The van der Waals surface area contributed by atoms with Gasteiger partial charge in [0.25, 0.3) is 5.91 Å². The molecule has 2 N–H and O–H groups in total. The van der Waals surface area contributed by atoms with Crippen LogP contribution >= 0.6 is 0 Å². The Balaban J connectivity index is 2.07. The fourth-order valence-electron chi connectivity index (χ4n) is 2.43. The van der Waals surface area contributed by atoms with Gasteiger partial charge in [0, 0.05) is 18.3 Å². The summed E-state index contributed by atoms with van der Waals surface area (Å²) in [4.78, 5) is 28.8. The Morgan fingerprint density at radius 1 is 1.12 bits per heavy atom. The number of carbonyl (C=O) groups excluding carboxylic acids is 2. The van der Waals surface area contributed by atoms with Crippen molar-refractivity contribution in [3.05, 3.63) is 53.7 Å². The van der Waals surface area contributed by atoms with Crippen molar-refractivity contribution in [2.45, 2.75) is 33.1 Å². The predicted octanol–water partition coefficient (Wildman–Crippen LogP) is 4.11. The molecule has 0 atom stereocenters. The molecule has 0 saturated heterocycles. The third-order valence-corrected chi connectivity index (χ3v) is 3.78. The average Bonchev–Trinajstić information content (AvgIpc) is 2.66. The number of nitrogens with zero attached hydrogens (tertiary/aromatic N) is 1. The molecule has 26 heavy (non-hydrogen) atoms. The summed E-state index contributed by atoms with van der Waals surface area (Å²) < 4.78 is 5.03. The van der Waals surface area contributed by atoms with Crippen LogP contribution in [0.4, 0.5) is 11.5 Å². The third kappa shape index (κ3) is 5.58.